The number of hydrogen-bond acceptors (Lipinski definition) is 3. The van der Waals surface area contributed by atoms with E-state index in [0.717, 1.165) is 28.6 Å². The second-order valence-corrected chi connectivity index (χ2v) is 7.06. The molecule has 8 heteroatoms. The molecule has 3 aromatic rings. The summed E-state index contributed by atoms with van der Waals surface area (Å²) in [6.45, 7) is 4.04. The molecule has 1 atom stereocenters. The molecule has 152 valence electrons. The van der Waals surface area contributed by atoms with Gasteiger partial charge in [0.25, 0.3) is 5.91 Å². The highest BCUT2D eigenvalue weighted by atomic mass is 19.2. The van der Waals surface area contributed by atoms with Gasteiger partial charge < -0.3 is 14.6 Å². The highest BCUT2D eigenvalue weighted by Crippen LogP contribution is 2.23. The number of fused-ring (bicyclic) bond motifs is 1. The molecule has 0 bridgehead atoms. The van der Waals surface area contributed by atoms with Crippen LogP contribution in [0.15, 0.2) is 39.5 Å². The standard InChI is InChI=1S/C21H19F3N2O3/c1-11-4-5-14-13(8-18(28)29-21(14)12(11)2)9-26(3)10-17(27)25-16-7-6-15(22)19(23)20(16)24/h4-8H,9-10H2,1-3H3,(H,25,27)/p+1. The van der Waals surface area contributed by atoms with Crippen molar-refractivity contribution >= 4 is 22.6 Å². The molecule has 5 nitrogen and oxygen atoms in total. The highest BCUT2D eigenvalue weighted by Gasteiger charge is 2.18. The van der Waals surface area contributed by atoms with Gasteiger partial charge in [-0.25, -0.2) is 18.0 Å². The summed E-state index contributed by atoms with van der Waals surface area (Å²) in [6.07, 6.45) is 0. The summed E-state index contributed by atoms with van der Waals surface area (Å²) in [5, 5.41) is 3.02. The van der Waals surface area contributed by atoms with Crippen molar-refractivity contribution in [3.8, 4) is 0 Å². The van der Waals surface area contributed by atoms with Gasteiger partial charge in [-0.3, -0.25) is 4.79 Å². The number of hydrogen-bond donors (Lipinski definition) is 2. The number of benzene rings is 2. The lowest BCUT2D eigenvalue weighted by atomic mass is 10.0. The number of carbonyl (C=O) groups excluding carboxylic acids is 1. The summed E-state index contributed by atoms with van der Waals surface area (Å²) in [6, 6.07) is 6.87. The predicted molar refractivity (Wildman–Crippen MR) is 102 cm³/mol. The molecule has 0 fully saturated rings. The molecule has 0 saturated heterocycles. The van der Waals surface area contributed by atoms with E-state index in [4.69, 9.17) is 4.42 Å². The van der Waals surface area contributed by atoms with Gasteiger partial charge in [-0.05, 0) is 37.1 Å². The Kier molecular flexibility index (Phi) is 5.74. The molecule has 0 saturated carbocycles. The Morgan fingerprint density at radius 1 is 1.10 bits per heavy atom. The lowest BCUT2D eigenvalue weighted by Crippen LogP contribution is -3.08. The van der Waals surface area contributed by atoms with Crippen molar-refractivity contribution in [1.82, 2.24) is 0 Å². The smallest absolute Gasteiger partial charge is 0.336 e. The van der Waals surface area contributed by atoms with Crippen LogP contribution in [0.5, 0.6) is 0 Å². The second-order valence-electron chi connectivity index (χ2n) is 7.06. The van der Waals surface area contributed by atoms with Gasteiger partial charge in [-0.15, -0.1) is 0 Å². The zero-order chi connectivity index (χ0) is 21.3. The first kappa shape index (κ1) is 20.6. The van der Waals surface area contributed by atoms with Gasteiger partial charge in [0.2, 0.25) is 0 Å². The normalized spacial score (nSPS) is 12.2. The maximum atomic E-state index is 13.7. The minimum Gasteiger partial charge on any atom is -0.422 e. The fourth-order valence-electron chi connectivity index (χ4n) is 3.15. The minimum absolute atomic E-state index is 0.0784. The lowest BCUT2D eigenvalue weighted by molar-refractivity contribution is -0.885. The van der Waals surface area contributed by atoms with E-state index in [-0.39, 0.29) is 6.54 Å². The first-order chi connectivity index (χ1) is 13.7. The number of likely N-dealkylation sites (N-methyl/N-ethyl adjacent to an activating group) is 1. The highest BCUT2D eigenvalue weighted by molar-refractivity contribution is 5.91. The average Bonchev–Trinajstić information content (AvgIpc) is 2.65. The van der Waals surface area contributed by atoms with E-state index in [0.29, 0.717) is 22.6 Å². The van der Waals surface area contributed by atoms with Gasteiger partial charge in [-0.1, -0.05) is 12.1 Å². The van der Waals surface area contributed by atoms with Crippen LogP contribution in [0.3, 0.4) is 0 Å². The third-order valence-electron chi connectivity index (χ3n) is 4.78. The monoisotopic (exact) mass is 405 g/mol. The maximum Gasteiger partial charge on any atom is 0.336 e. The van der Waals surface area contributed by atoms with Crippen molar-refractivity contribution < 1.29 is 27.3 Å². The fraction of sp³-hybridized carbons (Fsp3) is 0.238. The number of amides is 1. The van der Waals surface area contributed by atoms with Crippen molar-refractivity contribution in [2.75, 3.05) is 18.9 Å². The van der Waals surface area contributed by atoms with Crippen LogP contribution < -0.4 is 15.8 Å². The van der Waals surface area contributed by atoms with Gasteiger partial charge in [0.15, 0.2) is 24.0 Å². The van der Waals surface area contributed by atoms with Crippen LogP contribution in [0.4, 0.5) is 18.9 Å². The summed E-state index contributed by atoms with van der Waals surface area (Å²) in [5.41, 5.74) is 2.16. The van der Waals surface area contributed by atoms with Crippen molar-refractivity contribution in [2.24, 2.45) is 0 Å². The van der Waals surface area contributed by atoms with E-state index in [1.165, 1.54) is 6.07 Å². The largest absolute Gasteiger partial charge is 0.422 e. The average molecular weight is 405 g/mol. The van der Waals surface area contributed by atoms with E-state index < -0.39 is 34.7 Å². The number of nitrogens with one attached hydrogen (secondary N) is 2. The quantitative estimate of drug-likeness (QED) is 0.507. The fourth-order valence-corrected chi connectivity index (χ4v) is 3.15. The third-order valence-corrected chi connectivity index (χ3v) is 4.78. The molecular formula is C21H20F3N2O3+. The van der Waals surface area contributed by atoms with Crippen molar-refractivity contribution in [1.29, 1.82) is 0 Å². The third kappa shape index (κ3) is 4.32. The van der Waals surface area contributed by atoms with Crippen LogP contribution in [-0.4, -0.2) is 19.5 Å². The first-order valence-electron chi connectivity index (χ1n) is 8.95. The minimum atomic E-state index is -1.64. The van der Waals surface area contributed by atoms with Crippen LogP contribution in [-0.2, 0) is 11.3 Å². The number of anilines is 1. The summed E-state index contributed by atoms with van der Waals surface area (Å²) in [5.74, 6) is -5.00. The lowest BCUT2D eigenvalue weighted by Gasteiger charge is -2.16. The molecule has 0 aliphatic heterocycles. The molecule has 29 heavy (non-hydrogen) atoms. The van der Waals surface area contributed by atoms with E-state index >= 15 is 0 Å². The molecule has 1 heterocycles. The van der Waals surface area contributed by atoms with Crippen LogP contribution in [0.25, 0.3) is 11.0 Å². The van der Waals surface area contributed by atoms with Crippen molar-refractivity contribution in [2.45, 2.75) is 20.4 Å². The molecule has 0 radical (unpaired) electrons. The zero-order valence-electron chi connectivity index (χ0n) is 16.2. The Balaban J connectivity index is 1.77. The molecule has 0 aliphatic carbocycles. The van der Waals surface area contributed by atoms with Gasteiger partial charge in [-0.2, -0.15) is 0 Å². The molecule has 0 aliphatic rings. The molecular weight excluding hydrogens is 385 g/mol. The molecule has 1 amide bonds. The summed E-state index contributed by atoms with van der Waals surface area (Å²) < 4.78 is 45.3. The van der Waals surface area contributed by atoms with Crippen LogP contribution in [0, 0.1) is 31.3 Å². The molecule has 1 aromatic heterocycles. The van der Waals surface area contributed by atoms with Crippen LogP contribution >= 0.6 is 0 Å². The van der Waals surface area contributed by atoms with Gasteiger partial charge in [0, 0.05) is 17.0 Å². The van der Waals surface area contributed by atoms with E-state index in [1.54, 1.807) is 7.05 Å². The Hall–Kier alpha value is -3.13. The summed E-state index contributed by atoms with van der Waals surface area (Å²) in [7, 11) is 1.72. The molecule has 3 rings (SSSR count). The number of halogens is 3. The molecule has 0 spiro atoms. The van der Waals surface area contributed by atoms with E-state index in [2.05, 4.69) is 5.32 Å². The van der Waals surface area contributed by atoms with Crippen molar-refractivity contribution in [3.63, 3.8) is 0 Å². The number of rotatable bonds is 5. The summed E-state index contributed by atoms with van der Waals surface area (Å²) >= 11 is 0. The summed E-state index contributed by atoms with van der Waals surface area (Å²) in [4.78, 5) is 24.8. The van der Waals surface area contributed by atoms with E-state index in [1.807, 2.05) is 26.0 Å². The SMILES string of the molecule is Cc1ccc2c(C[NH+](C)CC(=O)Nc3ccc(F)c(F)c3F)cc(=O)oc2c1C. The Bertz CT molecular complexity index is 1160. The Morgan fingerprint density at radius 2 is 1.83 bits per heavy atom. The molecule has 2 aromatic carbocycles. The molecule has 2 N–H and O–H groups in total. The second kappa shape index (κ2) is 8.08. The van der Waals surface area contributed by atoms with Crippen LogP contribution in [0.1, 0.15) is 16.7 Å². The van der Waals surface area contributed by atoms with Gasteiger partial charge in [0.1, 0.15) is 12.1 Å². The van der Waals surface area contributed by atoms with Gasteiger partial charge >= 0.3 is 5.63 Å². The van der Waals surface area contributed by atoms with E-state index in [9.17, 15) is 22.8 Å². The number of quaternary nitrogens is 1. The first-order valence-corrected chi connectivity index (χ1v) is 8.95. The predicted octanol–water partition coefficient (Wildman–Crippen LogP) is 2.48. The maximum absolute atomic E-state index is 13.7. The number of carbonyl (C=O) groups is 1. The van der Waals surface area contributed by atoms with Crippen molar-refractivity contribution in [3.05, 3.63) is 74.9 Å². The number of aryl methyl sites for hydroxylation is 2. The Morgan fingerprint density at radius 3 is 2.55 bits per heavy atom. The molecule has 1 unspecified atom stereocenters. The topological polar surface area (TPSA) is 63.8 Å². The zero-order valence-corrected chi connectivity index (χ0v) is 16.2. The van der Waals surface area contributed by atoms with Gasteiger partial charge in [0.05, 0.1) is 12.7 Å². The van der Waals surface area contributed by atoms with Crippen LogP contribution in [0.2, 0.25) is 0 Å². The Labute approximate surface area is 164 Å².